The van der Waals surface area contributed by atoms with Crippen LogP contribution in [0.4, 0.5) is 0 Å². The molecule has 2 heteroatoms. The van der Waals surface area contributed by atoms with Crippen LogP contribution in [0, 0.1) is 5.92 Å². The molecular formula is C11H26ClP. The van der Waals surface area contributed by atoms with Gasteiger partial charge in [0.05, 0.1) is 0 Å². The van der Waals surface area contributed by atoms with Crippen LogP contribution in [0.3, 0.4) is 0 Å². The summed E-state index contributed by atoms with van der Waals surface area (Å²) in [6, 6.07) is 0. The van der Waals surface area contributed by atoms with Crippen LogP contribution < -0.4 is 0 Å². The Morgan fingerprint density at radius 1 is 1.15 bits per heavy atom. The van der Waals surface area contributed by atoms with Crippen molar-refractivity contribution in [3.63, 3.8) is 0 Å². The van der Waals surface area contributed by atoms with Gasteiger partial charge in [0.15, 0.2) is 0 Å². The maximum absolute atomic E-state index is 6.57. The summed E-state index contributed by atoms with van der Waals surface area (Å²) in [5, 5.41) is 0. The average molecular weight is 225 g/mol. The summed E-state index contributed by atoms with van der Waals surface area (Å²) in [7, 11) is 0. The van der Waals surface area contributed by atoms with Crippen LogP contribution >= 0.6 is 17.2 Å². The van der Waals surface area contributed by atoms with Crippen molar-refractivity contribution in [2.75, 3.05) is 26.2 Å². The standard InChI is InChI=1S/C11H26ClP/c1-6-8-9-11(7-2)10-13(3,4,5)12/h11H,6-10H2,1-5H3. The van der Waals surface area contributed by atoms with Crippen molar-refractivity contribution in [3.05, 3.63) is 0 Å². The molecule has 0 bridgehead atoms. The molecule has 0 spiro atoms. The van der Waals surface area contributed by atoms with Crippen LogP contribution in [0.5, 0.6) is 0 Å². The molecule has 1 unspecified atom stereocenters. The molecule has 0 heterocycles. The molecule has 0 aliphatic carbocycles. The third-order valence-corrected chi connectivity index (χ3v) is 4.58. The van der Waals surface area contributed by atoms with Crippen molar-refractivity contribution in [2.45, 2.75) is 39.5 Å². The third kappa shape index (κ3) is 9.03. The summed E-state index contributed by atoms with van der Waals surface area (Å²) in [5.41, 5.74) is 0. The van der Waals surface area contributed by atoms with Gasteiger partial charge in [0, 0.05) is 0 Å². The van der Waals surface area contributed by atoms with Gasteiger partial charge >= 0.3 is 88.8 Å². The minimum absolute atomic E-state index is 0.857. The van der Waals surface area contributed by atoms with E-state index in [1.165, 1.54) is 31.8 Å². The summed E-state index contributed by atoms with van der Waals surface area (Å²) in [6.45, 7) is 11.3. The molecule has 0 N–H and O–H groups in total. The van der Waals surface area contributed by atoms with E-state index in [9.17, 15) is 0 Å². The van der Waals surface area contributed by atoms with Crippen molar-refractivity contribution < 1.29 is 0 Å². The van der Waals surface area contributed by atoms with E-state index in [0.29, 0.717) is 0 Å². The fourth-order valence-electron chi connectivity index (χ4n) is 1.79. The Morgan fingerprint density at radius 3 is 2.00 bits per heavy atom. The van der Waals surface area contributed by atoms with Gasteiger partial charge in [0.2, 0.25) is 0 Å². The van der Waals surface area contributed by atoms with Crippen LogP contribution in [0.2, 0.25) is 0 Å². The molecule has 0 rings (SSSR count). The van der Waals surface area contributed by atoms with E-state index in [1.807, 2.05) is 0 Å². The second kappa shape index (κ2) is 4.99. The van der Waals surface area contributed by atoms with Crippen molar-refractivity contribution in [1.29, 1.82) is 0 Å². The van der Waals surface area contributed by atoms with Crippen molar-refractivity contribution in [3.8, 4) is 0 Å². The molecule has 0 fully saturated rings. The van der Waals surface area contributed by atoms with Crippen LogP contribution in [0.1, 0.15) is 39.5 Å². The Kier molecular flexibility index (Phi) is 5.26. The molecule has 82 valence electrons. The Balaban J connectivity index is 3.98. The normalized spacial score (nSPS) is 17.8. The number of unbranched alkanes of at least 4 members (excludes halogenated alkanes) is 1. The Hall–Kier alpha value is 0.720. The Bertz CT molecular complexity index is 137. The molecule has 0 aliphatic rings. The van der Waals surface area contributed by atoms with E-state index in [-0.39, 0.29) is 0 Å². The summed E-state index contributed by atoms with van der Waals surface area (Å²) in [6.07, 6.45) is 6.59. The molecule has 1 atom stereocenters. The monoisotopic (exact) mass is 224 g/mol. The topological polar surface area (TPSA) is 0 Å². The van der Waals surface area contributed by atoms with E-state index < -0.39 is 5.96 Å². The zero-order chi connectivity index (χ0) is 10.6. The Morgan fingerprint density at radius 2 is 1.69 bits per heavy atom. The zero-order valence-electron chi connectivity index (χ0n) is 9.94. The zero-order valence-corrected chi connectivity index (χ0v) is 11.6. The van der Waals surface area contributed by atoms with Crippen LogP contribution in [0.25, 0.3) is 0 Å². The fraction of sp³-hybridized carbons (Fsp3) is 1.00. The summed E-state index contributed by atoms with van der Waals surface area (Å²) in [4.78, 5) is 0. The SMILES string of the molecule is CCCCC(CC)CP(C)(C)(C)Cl. The van der Waals surface area contributed by atoms with Gasteiger partial charge in [-0.15, -0.1) is 0 Å². The Labute approximate surface area is 89.2 Å². The van der Waals surface area contributed by atoms with Gasteiger partial charge < -0.3 is 0 Å². The van der Waals surface area contributed by atoms with E-state index in [4.69, 9.17) is 11.2 Å². The van der Waals surface area contributed by atoms with Gasteiger partial charge in [-0.25, -0.2) is 0 Å². The third-order valence-electron chi connectivity index (χ3n) is 2.42. The molecule has 0 saturated carbocycles. The molecule has 0 aromatic carbocycles. The molecule has 0 aromatic rings. The number of halogens is 1. The summed E-state index contributed by atoms with van der Waals surface area (Å²) >= 11 is 6.57. The van der Waals surface area contributed by atoms with Crippen LogP contribution in [-0.2, 0) is 0 Å². The first-order valence-electron chi connectivity index (χ1n) is 5.47. The van der Waals surface area contributed by atoms with E-state index in [0.717, 1.165) is 5.92 Å². The van der Waals surface area contributed by atoms with Gasteiger partial charge in [0.1, 0.15) is 0 Å². The second-order valence-electron chi connectivity index (χ2n) is 5.52. The van der Waals surface area contributed by atoms with Crippen LogP contribution in [-0.4, -0.2) is 26.2 Å². The summed E-state index contributed by atoms with van der Waals surface area (Å²) < 4.78 is 0. The predicted molar refractivity (Wildman–Crippen MR) is 68.7 cm³/mol. The van der Waals surface area contributed by atoms with Gasteiger partial charge in [-0.05, 0) is 0 Å². The quantitative estimate of drug-likeness (QED) is 0.569. The second-order valence-corrected chi connectivity index (χ2v) is 15.5. The van der Waals surface area contributed by atoms with Crippen molar-refractivity contribution in [1.82, 2.24) is 0 Å². The van der Waals surface area contributed by atoms with Gasteiger partial charge in [0.25, 0.3) is 0 Å². The molecule has 0 radical (unpaired) electrons. The maximum atomic E-state index is 6.57. The number of rotatable bonds is 6. The minimum atomic E-state index is -1.78. The predicted octanol–water partition coefficient (Wildman–Crippen LogP) is 4.80. The molecule has 0 aliphatic heterocycles. The first-order valence-corrected chi connectivity index (χ1v) is 10.1. The fourth-order valence-corrected chi connectivity index (χ4v) is 4.56. The first kappa shape index (κ1) is 13.7. The van der Waals surface area contributed by atoms with E-state index in [2.05, 4.69) is 33.8 Å². The van der Waals surface area contributed by atoms with Gasteiger partial charge in [-0.1, -0.05) is 0 Å². The molecule has 13 heavy (non-hydrogen) atoms. The first-order chi connectivity index (χ1) is 5.74. The molecule has 0 amide bonds. The van der Waals surface area contributed by atoms with Crippen molar-refractivity contribution in [2.24, 2.45) is 5.92 Å². The van der Waals surface area contributed by atoms with Gasteiger partial charge in [-0.3, -0.25) is 0 Å². The number of hydrogen-bond donors (Lipinski definition) is 0. The summed E-state index contributed by atoms with van der Waals surface area (Å²) in [5.74, 6) is -0.920. The van der Waals surface area contributed by atoms with Crippen LogP contribution in [0.15, 0.2) is 0 Å². The molecular weight excluding hydrogens is 199 g/mol. The van der Waals surface area contributed by atoms with Crippen molar-refractivity contribution >= 4 is 17.2 Å². The molecule has 0 aromatic heterocycles. The number of hydrogen-bond acceptors (Lipinski definition) is 0. The molecule has 0 saturated heterocycles. The molecule has 0 nitrogen and oxygen atoms in total. The van der Waals surface area contributed by atoms with E-state index >= 15 is 0 Å². The van der Waals surface area contributed by atoms with Gasteiger partial charge in [-0.2, -0.15) is 0 Å². The van der Waals surface area contributed by atoms with E-state index in [1.54, 1.807) is 0 Å². The average Bonchev–Trinajstić information content (AvgIpc) is 1.94.